The second-order valence-corrected chi connectivity index (χ2v) is 6.00. The normalized spacial score (nSPS) is 10.8. The molecule has 0 unspecified atom stereocenters. The molecule has 0 atom stereocenters. The van der Waals surface area contributed by atoms with Crippen LogP contribution in [-0.2, 0) is 11.3 Å². The first-order valence-electron chi connectivity index (χ1n) is 6.63. The molecule has 0 amide bonds. The van der Waals surface area contributed by atoms with Gasteiger partial charge in [-0.05, 0) is 41.9 Å². The molecular weight excluding hydrogens is 306 g/mol. The zero-order valence-electron chi connectivity index (χ0n) is 12.1. The minimum atomic E-state index is 0.640. The molecule has 112 valence electrons. The average Bonchev–Trinajstić information content (AvgIpc) is 2.48. The Kier molecular flexibility index (Phi) is 6.45. The monoisotopic (exact) mass is 323 g/mol. The van der Waals surface area contributed by atoms with E-state index in [1.807, 2.05) is 18.3 Å². The second-order valence-electron chi connectivity index (χ2n) is 4.55. The lowest BCUT2D eigenvalue weighted by Crippen LogP contribution is -2.18. The Balaban J connectivity index is 1.97. The van der Waals surface area contributed by atoms with E-state index in [9.17, 15) is 0 Å². The fourth-order valence-corrected chi connectivity index (χ4v) is 2.63. The van der Waals surface area contributed by atoms with Crippen LogP contribution in [0.25, 0.3) is 0 Å². The summed E-state index contributed by atoms with van der Waals surface area (Å²) in [6.45, 7) is 4.40. The first-order valence-corrected chi connectivity index (χ1v) is 7.83. The molecule has 1 N–H and O–H groups in total. The molecule has 0 aliphatic heterocycles. The fourth-order valence-electron chi connectivity index (χ4n) is 1.75. The van der Waals surface area contributed by atoms with Crippen molar-refractivity contribution in [3.63, 3.8) is 0 Å². The van der Waals surface area contributed by atoms with Gasteiger partial charge in [-0.15, -0.1) is 0 Å². The van der Waals surface area contributed by atoms with E-state index < -0.39 is 0 Å². The van der Waals surface area contributed by atoms with E-state index >= 15 is 0 Å². The Morgan fingerprint density at radius 2 is 2.14 bits per heavy atom. The number of methoxy groups -OCH3 is 1. The quantitative estimate of drug-likeness (QED) is 0.792. The lowest BCUT2D eigenvalue weighted by molar-refractivity contribution is 0.199. The predicted molar refractivity (Wildman–Crippen MR) is 85.9 cm³/mol. The predicted octanol–water partition coefficient (Wildman–Crippen LogP) is 3.33. The number of aryl methyl sites for hydroxylation is 1. The molecule has 0 spiro atoms. The molecule has 2 heterocycles. The standard InChI is InChI=1S/C15H18ClN3OS/c1-11-7-12(8-17-5-6-20-2)9-19-15(11)21-14-4-3-13(16)10-18-14/h3-4,7,9-10,17H,5-6,8H2,1-2H3. The number of nitrogens with zero attached hydrogens (tertiary/aromatic N) is 2. The van der Waals surface area contributed by atoms with Gasteiger partial charge in [0.25, 0.3) is 0 Å². The SMILES string of the molecule is COCCNCc1cnc(Sc2ccc(Cl)cn2)c(C)c1. The van der Waals surface area contributed by atoms with Crippen LogP contribution in [0.3, 0.4) is 0 Å². The van der Waals surface area contributed by atoms with E-state index in [1.54, 1.807) is 25.1 Å². The molecule has 6 heteroatoms. The van der Waals surface area contributed by atoms with Crippen molar-refractivity contribution in [2.75, 3.05) is 20.3 Å². The molecule has 0 radical (unpaired) electrons. The van der Waals surface area contributed by atoms with Crippen LogP contribution in [-0.4, -0.2) is 30.2 Å². The molecule has 0 aliphatic carbocycles. The Labute approximate surface area is 134 Å². The Bertz CT molecular complexity index is 578. The summed E-state index contributed by atoms with van der Waals surface area (Å²) >= 11 is 7.38. The molecule has 0 saturated carbocycles. The zero-order valence-corrected chi connectivity index (χ0v) is 13.7. The third-order valence-electron chi connectivity index (χ3n) is 2.80. The van der Waals surface area contributed by atoms with Gasteiger partial charge < -0.3 is 10.1 Å². The van der Waals surface area contributed by atoms with Gasteiger partial charge in [-0.3, -0.25) is 0 Å². The van der Waals surface area contributed by atoms with Crippen LogP contribution in [0.4, 0.5) is 0 Å². The summed E-state index contributed by atoms with van der Waals surface area (Å²) in [4.78, 5) is 8.79. The lowest BCUT2D eigenvalue weighted by Gasteiger charge is -2.08. The highest BCUT2D eigenvalue weighted by atomic mass is 35.5. The maximum absolute atomic E-state index is 5.83. The smallest absolute Gasteiger partial charge is 0.105 e. The largest absolute Gasteiger partial charge is 0.383 e. The van der Waals surface area contributed by atoms with Gasteiger partial charge in [0, 0.05) is 32.6 Å². The summed E-state index contributed by atoms with van der Waals surface area (Å²) in [6, 6.07) is 5.87. The van der Waals surface area contributed by atoms with Crippen LogP contribution in [0.15, 0.2) is 40.6 Å². The van der Waals surface area contributed by atoms with Crippen molar-refractivity contribution in [1.82, 2.24) is 15.3 Å². The summed E-state index contributed by atoms with van der Waals surface area (Å²) < 4.78 is 5.00. The molecule has 0 aliphatic rings. The third-order valence-corrected chi connectivity index (χ3v) is 4.10. The van der Waals surface area contributed by atoms with Gasteiger partial charge >= 0.3 is 0 Å². The van der Waals surface area contributed by atoms with Crippen LogP contribution < -0.4 is 5.32 Å². The summed E-state index contributed by atoms with van der Waals surface area (Å²) in [7, 11) is 1.70. The van der Waals surface area contributed by atoms with Crippen LogP contribution in [0.5, 0.6) is 0 Å². The number of nitrogens with one attached hydrogen (secondary N) is 1. The summed E-state index contributed by atoms with van der Waals surface area (Å²) in [6.07, 6.45) is 3.54. The van der Waals surface area contributed by atoms with E-state index in [1.165, 1.54) is 0 Å². The molecule has 0 aromatic carbocycles. The number of rotatable bonds is 7. The van der Waals surface area contributed by atoms with Crippen LogP contribution in [0.2, 0.25) is 5.02 Å². The van der Waals surface area contributed by atoms with E-state index in [0.717, 1.165) is 34.3 Å². The van der Waals surface area contributed by atoms with Gasteiger partial charge in [-0.25, -0.2) is 9.97 Å². The van der Waals surface area contributed by atoms with E-state index in [2.05, 4.69) is 28.3 Å². The van der Waals surface area contributed by atoms with Gasteiger partial charge in [0.05, 0.1) is 11.6 Å². The summed E-state index contributed by atoms with van der Waals surface area (Å²) in [5.41, 5.74) is 2.31. The minimum absolute atomic E-state index is 0.640. The number of hydrogen-bond donors (Lipinski definition) is 1. The van der Waals surface area contributed by atoms with Crippen molar-refractivity contribution < 1.29 is 4.74 Å². The molecule has 2 aromatic heterocycles. The molecule has 0 fully saturated rings. The number of halogens is 1. The van der Waals surface area contributed by atoms with Crippen molar-refractivity contribution in [3.05, 3.63) is 46.7 Å². The van der Waals surface area contributed by atoms with E-state index in [4.69, 9.17) is 16.3 Å². The van der Waals surface area contributed by atoms with Crippen molar-refractivity contribution in [1.29, 1.82) is 0 Å². The van der Waals surface area contributed by atoms with Crippen LogP contribution >= 0.6 is 23.4 Å². The third kappa shape index (κ3) is 5.28. The summed E-state index contributed by atoms with van der Waals surface area (Å²) in [5, 5.41) is 5.80. The minimum Gasteiger partial charge on any atom is -0.383 e. The number of aromatic nitrogens is 2. The average molecular weight is 324 g/mol. The highest BCUT2D eigenvalue weighted by Crippen LogP contribution is 2.27. The molecule has 4 nitrogen and oxygen atoms in total. The molecule has 2 rings (SSSR count). The number of pyridine rings is 2. The van der Waals surface area contributed by atoms with Crippen molar-refractivity contribution in [3.8, 4) is 0 Å². The van der Waals surface area contributed by atoms with Gasteiger partial charge in [0.1, 0.15) is 10.1 Å². The maximum Gasteiger partial charge on any atom is 0.105 e. The van der Waals surface area contributed by atoms with Crippen LogP contribution in [0, 0.1) is 6.92 Å². The fraction of sp³-hybridized carbons (Fsp3) is 0.333. The lowest BCUT2D eigenvalue weighted by atomic mass is 10.2. The van der Waals surface area contributed by atoms with Gasteiger partial charge in [-0.2, -0.15) is 0 Å². The highest BCUT2D eigenvalue weighted by molar-refractivity contribution is 7.99. The van der Waals surface area contributed by atoms with Gasteiger partial charge in [-0.1, -0.05) is 17.7 Å². The van der Waals surface area contributed by atoms with Gasteiger partial charge in [0.2, 0.25) is 0 Å². The Hall–Kier alpha value is -1.14. The summed E-state index contributed by atoms with van der Waals surface area (Å²) in [5.74, 6) is 0. The molecule has 0 bridgehead atoms. The van der Waals surface area contributed by atoms with Gasteiger partial charge in [0.15, 0.2) is 0 Å². The first-order chi connectivity index (χ1) is 10.2. The van der Waals surface area contributed by atoms with Crippen molar-refractivity contribution in [2.45, 2.75) is 23.5 Å². The number of hydrogen-bond acceptors (Lipinski definition) is 5. The second kappa shape index (κ2) is 8.34. The van der Waals surface area contributed by atoms with E-state index in [-0.39, 0.29) is 0 Å². The van der Waals surface area contributed by atoms with Crippen molar-refractivity contribution in [2.24, 2.45) is 0 Å². The van der Waals surface area contributed by atoms with E-state index in [0.29, 0.717) is 11.6 Å². The zero-order chi connectivity index (χ0) is 15.1. The molecule has 0 saturated heterocycles. The van der Waals surface area contributed by atoms with Crippen molar-refractivity contribution >= 4 is 23.4 Å². The number of ether oxygens (including phenoxy) is 1. The Morgan fingerprint density at radius 3 is 2.81 bits per heavy atom. The topological polar surface area (TPSA) is 47.0 Å². The maximum atomic E-state index is 5.83. The van der Waals surface area contributed by atoms with Crippen LogP contribution in [0.1, 0.15) is 11.1 Å². The first kappa shape index (κ1) is 16.2. The Morgan fingerprint density at radius 1 is 1.29 bits per heavy atom. The molecule has 2 aromatic rings. The highest BCUT2D eigenvalue weighted by Gasteiger charge is 2.05. The molecule has 21 heavy (non-hydrogen) atoms. The molecular formula is C15H18ClN3OS.